The molecule has 1 amide bonds. The third-order valence-electron chi connectivity index (χ3n) is 4.45. The first-order chi connectivity index (χ1) is 11.6. The lowest BCUT2D eigenvalue weighted by atomic mass is 10.00. The van der Waals surface area contributed by atoms with Crippen molar-refractivity contribution in [3.63, 3.8) is 0 Å². The Labute approximate surface area is 147 Å². The third-order valence-corrected chi connectivity index (χ3v) is 4.45. The van der Waals surface area contributed by atoms with Crippen LogP contribution >= 0.6 is 0 Å². The van der Waals surface area contributed by atoms with Crippen LogP contribution in [0.3, 0.4) is 0 Å². The highest BCUT2D eigenvalue weighted by atomic mass is 16.6. The fourth-order valence-electron chi connectivity index (χ4n) is 3.03. The number of nitrogens with two attached hydrogens (primary N) is 1. The minimum Gasteiger partial charge on any atom is -0.393 e. The van der Waals surface area contributed by atoms with Crippen LogP contribution in [-0.4, -0.2) is 53.1 Å². The average Bonchev–Trinajstić information content (AvgIpc) is 2.52. The number of morpholine rings is 1. The molecular weight excluding hydrogens is 324 g/mol. The van der Waals surface area contributed by atoms with Crippen molar-refractivity contribution in [2.24, 2.45) is 0 Å². The number of ether oxygens (including phenoxy) is 1. The zero-order chi connectivity index (χ0) is 18.8. The Bertz CT molecular complexity index is 652. The summed E-state index contributed by atoms with van der Waals surface area (Å²) < 4.78 is 5.75. The van der Waals surface area contributed by atoms with Crippen molar-refractivity contribution in [3.8, 4) is 0 Å². The predicted octanol–water partition coefficient (Wildman–Crippen LogP) is 1.79. The number of hydrogen-bond acceptors (Lipinski definition) is 6. The largest absolute Gasteiger partial charge is 0.393 e. The summed E-state index contributed by atoms with van der Waals surface area (Å²) in [4.78, 5) is 25.0. The highest BCUT2D eigenvalue weighted by Gasteiger charge is 2.33. The average molecular weight is 350 g/mol. The number of nitrogens with one attached hydrogen (secondary N) is 1. The van der Waals surface area contributed by atoms with Crippen LogP contribution < -0.4 is 11.1 Å². The first-order valence-electron chi connectivity index (χ1n) is 8.33. The lowest BCUT2D eigenvalue weighted by molar-refractivity contribution is -0.383. The molecule has 1 aromatic rings. The minimum atomic E-state index is -0.591. The Morgan fingerprint density at radius 3 is 2.56 bits per heavy atom. The fraction of sp³-hybridized carbons (Fsp3) is 0.588. The number of anilines is 1. The van der Waals surface area contributed by atoms with E-state index in [0.29, 0.717) is 6.54 Å². The van der Waals surface area contributed by atoms with Gasteiger partial charge in [-0.25, -0.2) is 0 Å². The maximum atomic E-state index is 12.4. The van der Waals surface area contributed by atoms with Crippen LogP contribution in [0.4, 0.5) is 11.4 Å². The van der Waals surface area contributed by atoms with Gasteiger partial charge in [-0.1, -0.05) is 0 Å². The molecule has 25 heavy (non-hydrogen) atoms. The van der Waals surface area contributed by atoms with Gasteiger partial charge in [0.05, 0.1) is 17.1 Å². The first-order valence-corrected chi connectivity index (χ1v) is 8.33. The fourth-order valence-corrected chi connectivity index (χ4v) is 3.03. The van der Waals surface area contributed by atoms with E-state index in [1.807, 2.05) is 13.8 Å². The molecule has 8 nitrogen and oxygen atoms in total. The number of nitro groups is 1. The highest BCUT2D eigenvalue weighted by molar-refractivity contribution is 5.95. The number of hydrogen-bond donors (Lipinski definition) is 2. The Balaban J connectivity index is 2.03. The van der Waals surface area contributed by atoms with Gasteiger partial charge < -0.3 is 15.8 Å². The Hall–Kier alpha value is -2.19. The molecular formula is C17H26N4O4. The lowest BCUT2D eigenvalue weighted by Gasteiger charge is -2.45. The molecule has 2 rings (SSSR count). The molecule has 1 aliphatic heterocycles. The van der Waals surface area contributed by atoms with Crippen LogP contribution in [0.2, 0.25) is 0 Å². The molecule has 1 saturated heterocycles. The van der Waals surface area contributed by atoms with Gasteiger partial charge in [-0.3, -0.25) is 19.8 Å². The highest BCUT2D eigenvalue weighted by Crippen LogP contribution is 2.23. The molecule has 8 heteroatoms. The molecule has 138 valence electrons. The van der Waals surface area contributed by atoms with E-state index in [-0.39, 0.29) is 40.6 Å². The van der Waals surface area contributed by atoms with Crippen molar-refractivity contribution in [2.75, 3.05) is 25.4 Å². The van der Waals surface area contributed by atoms with Crippen LogP contribution in [-0.2, 0) is 4.74 Å². The zero-order valence-electron chi connectivity index (χ0n) is 15.1. The van der Waals surface area contributed by atoms with Gasteiger partial charge >= 0.3 is 0 Å². The van der Waals surface area contributed by atoms with E-state index >= 15 is 0 Å². The van der Waals surface area contributed by atoms with E-state index in [0.717, 1.165) is 13.1 Å². The molecule has 0 spiro atoms. The van der Waals surface area contributed by atoms with Crippen LogP contribution in [0.15, 0.2) is 18.2 Å². The minimum absolute atomic E-state index is 0.0400. The van der Waals surface area contributed by atoms with Crippen LogP contribution in [0.25, 0.3) is 0 Å². The number of benzene rings is 1. The van der Waals surface area contributed by atoms with Crippen LogP contribution in [0.5, 0.6) is 0 Å². The van der Waals surface area contributed by atoms with E-state index in [4.69, 9.17) is 10.5 Å². The second-order valence-electron chi connectivity index (χ2n) is 7.19. The summed E-state index contributed by atoms with van der Waals surface area (Å²) in [6.45, 7) is 10.2. The quantitative estimate of drug-likeness (QED) is 0.476. The summed E-state index contributed by atoms with van der Waals surface area (Å²) in [7, 11) is 0. The molecule has 0 aliphatic carbocycles. The Morgan fingerprint density at radius 2 is 2.00 bits per heavy atom. The maximum absolute atomic E-state index is 12.4. The van der Waals surface area contributed by atoms with E-state index in [1.165, 1.54) is 18.2 Å². The normalized spacial score (nSPS) is 21.8. The van der Waals surface area contributed by atoms with E-state index in [2.05, 4.69) is 24.1 Å². The molecule has 0 aromatic heterocycles. The summed E-state index contributed by atoms with van der Waals surface area (Å²) in [6, 6.07) is 4.07. The number of rotatable bonds is 5. The van der Waals surface area contributed by atoms with Crippen LogP contribution in [0.1, 0.15) is 38.1 Å². The maximum Gasteiger partial charge on any atom is 0.292 e. The number of nitrogen functional groups attached to an aromatic ring is 1. The zero-order valence-corrected chi connectivity index (χ0v) is 15.1. The standard InChI is InChI=1S/C17H26N4O4/c1-11-8-20(9-12(2)25-11)17(3,4)10-19-16(22)13-5-6-14(18)15(7-13)21(23)24/h5-7,11-12H,8-10,18H2,1-4H3,(H,19,22)/t11-,12-/m1/s1. The summed E-state index contributed by atoms with van der Waals surface area (Å²) >= 11 is 0. The number of nitrogens with zero attached hydrogens (tertiary/aromatic N) is 2. The second-order valence-corrected chi connectivity index (χ2v) is 7.19. The van der Waals surface area contributed by atoms with Gasteiger partial charge in [0.1, 0.15) is 5.69 Å². The van der Waals surface area contributed by atoms with Crippen molar-refractivity contribution in [2.45, 2.75) is 45.4 Å². The van der Waals surface area contributed by atoms with Gasteiger partial charge in [-0.05, 0) is 39.8 Å². The molecule has 1 aliphatic rings. The van der Waals surface area contributed by atoms with Crippen molar-refractivity contribution in [1.29, 1.82) is 0 Å². The molecule has 1 fully saturated rings. The number of carbonyl (C=O) groups excluding carboxylic acids is 1. The van der Waals surface area contributed by atoms with Crippen molar-refractivity contribution in [1.82, 2.24) is 10.2 Å². The summed E-state index contributed by atoms with van der Waals surface area (Å²) in [5, 5.41) is 13.8. The summed E-state index contributed by atoms with van der Waals surface area (Å²) in [5.41, 5.74) is 5.30. The molecule has 1 aromatic carbocycles. The number of carbonyl (C=O) groups is 1. The first kappa shape index (κ1) is 19.1. The molecule has 1 heterocycles. The monoisotopic (exact) mass is 350 g/mol. The van der Waals surface area contributed by atoms with E-state index < -0.39 is 4.92 Å². The van der Waals surface area contributed by atoms with Gasteiger partial charge in [0, 0.05) is 36.8 Å². The molecule has 0 bridgehead atoms. The smallest absolute Gasteiger partial charge is 0.292 e. The molecule has 3 N–H and O–H groups in total. The van der Waals surface area contributed by atoms with Crippen molar-refractivity contribution >= 4 is 17.3 Å². The Kier molecular flexibility index (Phi) is 5.64. The predicted molar refractivity (Wildman–Crippen MR) is 95.5 cm³/mol. The van der Waals surface area contributed by atoms with E-state index in [9.17, 15) is 14.9 Å². The topological polar surface area (TPSA) is 111 Å². The third kappa shape index (κ3) is 4.67. The van der Waals surface area contributed by atoms with Gasteiger partial charge in [0.25, 0.3) is 11.6 Å². The van der Waals surface area contributed by atoms with Gasteiger partial charge in [-0.2, -0.15) is 0 Å². The molecule has 0 saturated carbocycles. The van der Waals surface area contributed by atoms with Gasteiger partial charge in [0.2, 0.25) is 0 Å². The summed E-state index contributed by atoms with van der Waals surface area (Å²) in [6.07, 6.45) is 0.275. The van der Waals surface area contributed by atoms with Crippen molar-refractivity contribution in [3.05, 3.63) is 33.9 Å². The van der Waals surface area contributed by atoms with E-state index in [1.54, 1.807) is 0 Å². The van der Waals surface area contributed by atoms with Gasteiger partial charge in [-0.15, -0.1) is 0 Å². The SMILES string of the molecule is C[C@@H]1CN(C(C)(C)CNC(=O)c2ccc(N)c([N+](=O)[O-])c2)C[C@@H](C)O1. The van der Waals surface area contributed by atoms with Crippen molar-refractivity contribution < 1.29 is 14.5 Å². The molecule has 0 unspecified atom stereocenters. The molecule has 2 atom stereocenters. The summed E-state index contributed by atoms with van der Waals surface area (Å²) in [5.74, 6) is -0.356. The molecule has 0 radical (unpaired) electrons. The Morgan fingerprint density at radius 1 is 1.40 bits per heavy atom. The number of amides is 1. The van der Waals surface area contributed by atoms with Crippen LogP contribution in [0, 0.1) is 10.1 Å². The van der Waals surface area contributed by atoms with Gasteiger partial charge in [0.15, 0.2) is 0 Å². The lowest BCUT2D eigenvalue weighted by Crippen LogP contribution is -2.58. The number of nitro benzene ring substituents is 1. The second kappa shape index (κ2) is 7.37.